The van der Waals surface area contributed by atoms with Crippen LogP contribution in [0.1, 0.15) is 26.7 Å². The van der Waals surface area contributed by atoms with Crippen LogP contribution in [0.5, 0.6) is 0 Å². The molecule has 0 saturated carbocycles. The number of nitrogens with one attached hydrogen (secondary N) is 2. The van der Waals surface area contributed by atoms with Crippen LogP contribution in [-0.4, -0.2) is 18.8 Å². The van der Waals surface area contributed by atoms with Gasteiger partial charge in [0.05, 0.1) is 6.04 Å². The monoisotopic (exact) mass is 410 g/mol. The van der Waals surface area contributed by atoms with Crippen LogP contribution in [0.4, 0.5) is 18.9 Å². The van der Waals surface area contributed by atoms with Gasteiger partial charge >= 0.3 is 6.18 Å². The summed E-state index contributed by atoms with van der Waals surface area (Å²) in [6.45, 7) is 11.7. The molecule has 1 saturated heterocycles. The molecule has 2 rings (SSSR count). The number of hydrogen-bond acceptors (Lipinski definition) is 2. The fraction of sp³-hybridized carbons (Fsp3) is 0.364. The van der Waals surface area contributed by atoms with Gasteiger partial charge in [0.25, 0.3) is 0 Å². The minimum atomic E-state index is -4.45. The Kier molecular flexibility index (Phi) is 7.41. The van der Waals surface area contributed by atoms with Crippen molar-refractivity contribution >= 4 is 17.3 Å². The van der Waals surface area contributed by atoms with Crippen molar-refractivity contribution < 1.29 is 13.2 Å². The van der Waals surface area contributed by atoms with E-state index in [1.807, 2.05) is 44.2 Å². The van der Waals surface area contributed by atoms with Crippen molar-refractivity contribution in [3.63, 3.8) is 0 Å². The minimum absolute atomic E-state index is 0.0194. The van der Waals surface area contributed by atoms with Gasteiger partial charge in [-0.1, -0.05) is 38.6 Å². The Morgan fingerprint density at radius 3 is 2.46 bits per heavy atom. The Bertz CT molecular complexity index is 774. The summed E-state index contributed by atoms with van der Waals surface area (Å²) >= 11 is 5.93. The molecular weight excluding hydrogens is 385 g/mol. The summed E-state index contributed by atoms with van der Waals surface area (Å²) in [6.07, 6.45) is 0.379. The lowest BCUT2D eigenvalue weighted by Gasteiger charge is -2.29. The van der Waals surface area contributed by atoms with Gasteiger partial charge < -0.3 is 10.6 Å². The molecule has 28 heavy (non-hydrogen) atoms. The first-order valence-electron chi connectivity index (χ1n) is 9.22. The van der Waals surface area contributed by atoms with Crippen molar-refractivity contribution in [2.24, 2.45) is 5.92 Å². The van der Waals surface area contributed by atoms with E-state index in [0.717, 1.165) is 36.8 Å². The summed E-state index contributed by atoms with van der Waals surface area (Å²) in [4.78, 5) is 0. The molecule has 1 atom stereocenters. The van der Waals surface area contributed by atoms with Crippen LogP contribution in [0.25, 0.3) is 0 Å². The highest BCUT2D eigenvalue weighted by Crippen LogP contribution is 2.30. The third-order valence-electron chi connectivity index (χ3n) is 4.58. The molecule has 6 heteroatoms. The first-order valence-corrected chi connectivity index (χ1v) is 9.60. The molecule has 0 aromatic heterocycles. The van der Waals surface area contributed by atoms with Gasteiger partial charge in [0.1, 0.15) is 0 Å². The van der Waals surface area contributed by atoms with E-state index in [-0.39, 0.29) is 12.0 Å². The van der Waals surface area contributed by atoms with Crippen molar-refractivity contribution in [1.29, 1.82) is 0 Å². The standard InChI is InChI=1S/C22H26ClF3N2/c1-14(2)19(13-16(4)22(24,25)26)15(3)12-21-20(6-5-11-27-21)28-18-9-7-17(23)8-10-18/h7-10,12-14,20,27-28H,3-6,11H2,1-2H3/b19-13+,21-12-. The number of rotatable bonds is 6. The number of benzene rings is 1. The summed E-state index contributed by atoms with van der Waals surface area (Å²) in [5.74, 6) is -0.116. The van der Waals surface area contributed by atoms with Crippen molar-refractivity contribution in [3.05, 3.63) is 77.0 Å². The maximum atomic E-state index is 12.9. The van der Waals surface area contributed by atoms with Gasteiger partial charge in [0.2, 0.25) is 0 Å². The van der Waals surface area contributed by atoms with Crippen LogP contribution >= 0.6 is 11.6 Å². The van der Waals surface area contributed by atoms with Crippen LogP contribution in [0.2, 0.25) is 5.02 Å². The Balaban J connectivity index is 2.24. The zero-order chi connectivity index (χ0) is 20.9. The molecule has 1 aromatic rings. The van der Waals surface area contributed by atoms with Crippen LogP contribution in [0.3, 0.4) is 0 Å². The molecular formula is C22H26ClF3N2. The number of alkyl halides is 3. The molecule has 152 valence electrons. The Morgan fingerprint density at radius 2 is 1.89 bits per heavy atom. The average molecular weight is 411 g/mol. The lowest BCUT2D eigenvalue weighted by molar-refractivity contribution is -0.0878. The summed E-state index contributed by atoms with van der Waals surface area (Å²) < 4.78 is 38.7. The summed E-state index contributed by atoms with van der Waals surface area (Å²) in [5, 5.41) is 7.46. The maximum Gasteiger partial charge on any atom is 0.415 e. The molecule has 0 spiro atoms. The summed E-state index contributed by atoms with van der Waals surface area (Å²) in [6, 6.07) is 7.44. The third kappa shape index (κ3) is 6.20. The van der Waals surface area contributed by atoms with E-state index in [0.29, 0.717) is 16.2 Å². The number of piperidine rings is 1. The van der Waals surface area contributed by atoms with E-state index in [2.05, 4.69) is 23.8 Å². The highest BCUT2D eigenvalue weighted by Gasteiger charge is 2.31. The molecule has 2 nitrogen and oxygen atoms in total. The second-order valence-electron chi connectivity index (χ2n) is 7.18. The van der Waals surface area contributed by atoms with Gasteiger partial charge in [0, 0.05) is 28.5 Å². The summed E-state index contributed by atoms with van der Waals surface area (Å²) in [5.41, 5.74) is 2.04. The maximum absolute atomic E-state index is 12.9. The molecule has 2 N–H and O–H groups in total. The van der Waals surface area contributed by atoms with Crippen molar-refractivity contribution in [3.8, 4) is 0 Å². The Labute approximate surface area is 169 Å². The van der Waals surface area contributed by atoms with Crippen LogP contribution in [0, 0.1) is 5.92 Å². The number of anilines is 1. The topological polar surface area (TPSA) is 24.1 Å². The zero-order valence-electron chi connectivity index (χ0n) is 16.2. The molecule has 1 aromatic carbocycles. The first-order chi connectivity index (χ1) is 13.1. The zero-order valence-corrected chi connectivity index (χ0v) is 16.9. The van der Waals surface area contributed by atoms with E-state index < -0.39 is 11.7 Å². The third-order valence-corrected chi connectivity index (χ3v) is 4.83. The van der Waals surface area contributed by atoms with Crippen LogP contribution < -0.4 is 10.6 Å². The Morgan fingerprint density at radius 1 is 1.25 bits per heavy atom. The molecule has 1 aliphatic heterocycles. The molecule has 1 fully saturated rings. The van der Waals surface area contributed by atoms with Crippen LogP contribution in [0.15, 0.2) is 72.0 Å². The van der Waals surface area contributed by atoms with Gasteiger partial charge in [-0.2, -0.15) is 13.2 Å². The van der Waals surface area contributed by atoms with E-state index >= 15 is 0 Å². The lowest BCUT2D eigenvalue weighted by Crippen LogP contribution is -2.36. The molecule has 0 aliphatic carbocycles. The fourth-order valence-electron chi connectivity index (χ4n) is 3.04. The van der Waals surface area contributed by atoms with E-state index in [9.17, 15) is 13.2 Å². The smallest absolute Gasteiger partial charge is 0.387 e. The predicted octanol–water partition coefficient (Wildman–Crippen LogP) is 6.64. The molecule has 0 bridgehead atoms. The first kappa shape index (κ1) is 22.2. The van der Waals surface area contributed by atoms with E-state index in [1.165, 1.54) is 0 Å². The molecule has 0 amide bonds. The summed E-state index contributed by atoms with van der Waals surface area (Å²) in [7, 11) is 0. The van der Waals surface area contributed by atoms with Gasteiger partial charge in [-0.3, -0.25) is 0 Å². The molecule has 0 radical (unpaired) electrons. The van der Waals surface area contributed by atoms with Gasteiger partial charge in [-0.05, 0) is 66.3 Å². The number of hydrogen-bond donors (Lipinski definition) is 2. The molecule has 1 heterocycles. The number of halogens is 4. The number of allylic oxidation sites excluding steroid dienone is 5. The largest absolute Gasteiger partial charge is 0.415 e. The van der Waals surface area contributed by atoms with Crippen molar-refractivity contribution in [2.45, 2.75) is 38.9 Å². The van der Waals surface area contributed by atoms with Gasteiger partial charge in [-0.15, -0.1) is 0 Å². The van der Waals surface area contributed by atoms with E-state index in [4.69, 9.17) is 11.6 Å². The lowest BCUT2D eigenvalue weighted by atomic mass is 9.91. The normalized spacial score (nSPS) is 19.5. The molecule has 1 aliphatic rings. The quantitative estimate of drug-likeness (QED) is 0.513. The SMILES string of the molecule is C=C(/C=C1\NCCCC1Nc1ccc(Cl)cc1)/C(=C/C(=C)C(F)(F)F)C(C)C. The minimum Gasteiger partial charge on any atom is -0.387 e. The predicted molar refractivity (Wildman–Crippen MR) is 111 cm³/mol. The second kappa shape index (κ2) is 9.37. The van der Waals surface area contributed by atoms with Crippen LogP contribution in [-0.2, 0) is 0 Å². The Hall–Kier alpha value is -2.14. The average Bonchev–Trinajstić information content (AvgIpc) is 2.61. The second-order valence-corrected chi connectivity index (χ2v) is 7.61. The highest BCUT2D eigenvalue weighted by molar-refractivity contribution is 6.30. The van der Waals surface area contributed by atoms with E-state index in [1.54, 1.807) is 0 Å². The van der Waals surface area contributed by atoms with Crippen molar-refractivity contribution in [2.75, 3.05) is 11.9 Å². The van der Waals surface area contributed by atoms with Gasteiger partial charge in [0.15, 0.2) is 0 Å². The fourth-order valence-corrected chi connectivity index (χ4v) is 3.16. The molecule has 1 unspecified atom stereocenters. The van der Waals surface area contributed by atoms with Crippen molar-refractivity contribution in [1.82, 2.24) is 5.32 Å². The van der Waals surface area contributed by atoms with Gasteiger partial charge in [-0.25, -0.2) is 0 Å². The highest BCUT2D eigenvalue weighted by atomic mass is 35.5.